The lowest BCUT2D eigenvalue weighted by molar-refractivity contribution is -0.137. The van der Waals surface area contributed by atoms with Gasteiger partial charge < -0.3 is 21.6 Å². The normalized spacial score (nSPS) is 12.7. The van der Waals surface area contributed by atoms with Gasteiger partial charge in [0.1, 0.15) is 0 Å². The number of hydrogen-bond donors (Lipinski definition) is 4. The number of aliphatic hydroxyl groups is 1. The molecule has 142 valence electrons. The first-order valence-electron chi connectivity index (χ1n) is 8.06. The van der Waals surface area contributed by atoms with Crippen molar-refractivity contribution in [1.82, 2.24) is 14.4 Å². The van der Waals surface area contributed by atoms with Gasteiger partial charge in [-0.15, -0.1) is 0 Å². The molecule has 0 saturated heterocycles. The number of aliphatic hydroxyl groups excluding tert-OH is 1. The summed E-state index contributed by atoms with van der Waals surface area (Å²) in [5, 5.41) is 19.1. The molecule has 0 amide bonds. The molecule has 0 aliphatic rings. The molecule has 0 aliphatic heterocycles. The Bertz CT molecular complexity index is 1020. The number of hydrogen-bond acceptors (Lipinski definition) is 6. The van der Waals surface area contributed by atoms with Gasteiger partial charge in [0, 0.05) is 19.4 Å². The Morgan fingerprint density at radius 3 is 2.81 bits per heavy atom. The SMILES string of the molecule is N=C/C=C(\N)c1cnc2c(NCCCO)nc3cc(C(F)(F)F)ccc3n12. The van der Waals surface area contributed by atoms with Crippen LogP contribution in [-0.2, 0) is 6.18 Å². The summed E-state index contributed by atoms with van der Waals surface area (Å²) in [4.78, 5) is 8.57. The molecule has 0 atom stereocenters. The van der Waals surface area contributed by atoms with E-state index in [1.807, 2.05) is 0 Å². The highest BCUT2D eigenvalue weighted by molar-refractivity contribution is 5.88. The van der Waals surface area contributed by atoms with Crippen LogP contribution in [0.25, 0.3) is 22.4 Å². The van der Waals surface area contributed by atoms with Gasteiger partial charge in [-0.3, -0.25) is 4.40 Å². The second-order valence-electron chi connectivity index (χ2n) is 5.76. The van der Waals surface area contributed by atoms with Crippen molar-refractivity contribution in [2.45, 2.75) is 12.6 Å². The quantitative estimate of drug-likeness (QED) is 0.389. The lowest BCUT2D eigenvalue weighted by Crippen LogP contribution is -2.10. The molecule has 3 rings (SSSR count). The Balaban J connectivity index is 2.29. The maximum Gasteiger partial charge on any atom is 0.416 e. The Morgan fingerprint density at radius 2 is 2.15 bits per heavy atom. The van der Waals surface area contributed by atoms with Crippen molar-refractivity contribution < 1.29 is 18.3 Å². The minimum Gasteiger partial charge on any atom is -0.397 e. The lowest BCUT2D eigenvalue weighted by Gasteiger charge is -2.13. The van der Waals surface area contributed by atoms with Gasteiger partial charge in [0.2, 0.25) is 0 Å². The molecule has 7 nitrogen and oxygen atoms in total. The number of rotatable bonds is 6. The van der Waals surface area contributed by atoms with E-state index in [-0.39, 0.29) is 23.6 Å². The van der Waals surface area contributed by atoms with E-state index < -0.39 is 11.7 Å². The summed E-state index contributed by atoms with van der Waals surface area (Å²) >= 11 is 0. The monoisotopic (exact) mass is 378 g/mol. The Kier molecular flexibility index (Phi) is 5.00. The van der Waals surface area contributed by atoms with Crippen LogP contribution >= 0.6 is 0 Å². The number of nitrogens with two attached hydrogens (primary N) is 1. The average Bonchev–Trinajstić information content (AvgIpc) is 3.06. The molecule has 0 spiro atoms. The minimum atomic E-state index is -4.49. The third kappa shape index (κ3) is 3.56. The highest BCUT2D eigenvalue weighted by Gasteiger charge is 2.31. The highest BCUT2D eigenvalue weighted by atomic mass is 19.4. The van der Waals surface area contributed by atoms with Crippen molar-refractivity contribution in [3.05, 3.63) is 41.7 Å². The van der Waals surface area contributed by atoms with Gasteiger partial charge in [-0.2, -0.15) is 13.2 Å². The van der Waals surface area contributed by atoms with Gasteiger partial charge in [-0.05, 0) is 30.7 Å². The number of halogens is 3. The predicted octanol–water partition coefficient (Wildman–Crippen LogP) is 2.64. The number of allylic oxidation sites excluding steroid dienone is 1. The summed E-state index contributed by atoms with van der Waals surface area (Å²) in [5.41, 5.74) is 6.74. The molecule has 3 aromatic rings. The topological polar surface area (TPSA) is 112 Å². The fraction of sp³-hybridized carbons (Fsp3) is 0.235. The molecular formula is C17H17F3N6O. The van der Waals surface area contributed by atoms with E-state index in [0.717, 1.165) is 18.3 Å². The van der Waals surface area contributed by atoms with E-state index in [4.69, 9.17) is 16.2 Å². The van der Waals surface area contributed by atoms with Gasteiger partial charge in [-0.25, -0.2) is 9.97 Å². The third-order valence-electron chi connectivity index (χ3n) is 3.94. The van der Waals surface area contributed by atoms with Gasteiger partial charge in [-0.1, -0.05) is 0 Å². The van der Waals surface area contributed by atoms with Crippen LogP contribution in [0.5, 0.6) is 0 Å². The average molecular weight is 378 g/mol. The number of anilines is 1. The predicted molar refractivity (Wildman–Crippen MR) is 96.6 cm³/mol. The van der Waals surface area contributed by atoms with Crippen molar-refractivity contribution in [2.24, 2.45) is 5.73 Å². The number of nitrogens with one attached hydrogen (secondary N) is 2. The van der Waals surface area contributed by atoms with Crippen LogP contribution < -0.4 is 11.1 Å². The summed E-state index contributed by atoms with van der Waals surface area (Å²) in [5.74, 6) is 0.282. The van der Waals surface area contributed by atoms with E-state index >= 15 is 0 Å². The minimum absolute atomic E-state index is 0.0379. The maximum atomic E-state index is 13.1. The van der Waals surface area contributed by atoms with Gasteiger partial charge in [0.15, 0.2) is 11.5 Å². The molecule has 0 unspecified atom stereocenters. The molecular weight excluding hydrogens is 361 g/mol. The number of fused-ring (bicyclic) bond motifs is 3. The van der Waals surface area contributed by atoms with Gasteiger partial charge in [0.05, 0.1) is 34.2 Å². The molecule has 0 saturated carbocycles. The molecule has 0 fully saturated rings. The van der Waals surface area contributed by atoms with Crippen molar-refractivity contribution in [3.8, 4) is 0 Å². The number of imidazole rings is 1. The zero-order valence-corrected chi connectivity index (χ0v) is 14.1. The fourth-order valence-corrected chi connectivity index (χ4v) is 2.69. The Hall–Kier alpha value is -3.14. The molecule has 5 N–H and O–H groups in total. The zero-order valence-electron chi connectivity index (χ0n) is 14.1. The van der Waals surface area contributed by atoms with E-state index in [2.05, 4.69) is 15.3 Å². The molecule has 2 aromatic heterocycles. The molecule has 1 aromatic carbocycles. The number of alkyl halides is 3. The fourth-order valence-electron chi connectivity index (χ4n) is 2.69. The van der Waals surface area contributed by atoms with Crippen LogP contribution in [-0.4, -0.2) is 38.8 Å². The summed E-state index contributed by atoms with van der Waals surface area (Å²) in [6.45, 7) is 0.335. The van der Waals surface area contributed by atoms with Crippen LogP contribution in [0, 0.1) is 5.41 Å². The zero-order chi connectivity index (χ0) is 19.6. The molecule has 27 heavy (non-hydrogen) atoms. The largest absolute Gasteiger partial charge is 0.416 e. The van der Waals surface area contributed by atoms with Crippen molar-refractivity contribution in [2.75, 3.05) is 18.5 Å². The van der Waals surface area contributed by atoms with E-state index in [9.17, 15) is 13.2 Å². The highest BCUT2D eigenvalue weighted by Crippen LogP contribution is 2.32. The Morgan fingerprint density at radius 1 is 1.37 bits per heavy atom. The number of benzene rings is 1. The molecule has 0 aliphatic carbocycles. The van der Waals surface area contributed by atoms with Crippen LogP contribution in [0.1, 0.15) is 17.7 Å². The maximum absolute atomic E-state index is 13.1. The summed E-state index contributed by atoms with van der Waals surface area (Å²) in [7, 11) is 0. The smallest absolute Gasteiger partial charge is 0.397 e. The van der Waals surface area contributed by atoms with Gasteiger partial charge >= 0.3 is 6.18 Å². The van der Waals surface area contributed by atoms with Crippen molar-refractivity contribution in [1.29, 1.82) is 5.41 Å². The lowest BCUT2D eigenvalue weighted by atomic mass is 10.2. The first-order valence-corrected chi connectivity index (χ1v) is 8.06. The number of aromatic nitrogens is 3. The van der Waals surface area contributed by atoms with Crippen molar-refractivity contribution >= 4 is 34.4 Å². The molecule has 0 bridgehead atoms. The van der Waals surface area contributed by atoms with Crippen LogP contribution in [0.3, 0.4) is 0 Å². The third-order valence-corrected chi connectivity index (χ3v) is 3.94. The second kappa shape index (κ2) is 7.23. The summed E-state index contributed by atoms with van der Waals surface area (Å²) in [6.07, 6.45) is -0.205. The second-order valence-corrected chi connectivity index (χ2v) is 5.76. The molecule has 2 heterocycles. The van der Waals surface area contributed by atoms with Crippen molar-refractivity contribution in [3.63, 3.8) is 0 Å². The van der Waals surface area contributed by atoms with Crippen LogP contribution in [0.15, 0.2) is 30.5 Å². The van der Waals surface area contributed by atoms with Crippen LogP contribution in [0.4, 0.5) is 19.0 Å². The standard InChI is InChI=1S/C17H17F3N6O/c18-17(19,20)10-2-3-13-12(8-10)25-15(23-6-1-7-27)16-24-9-14(26(13)16)11(22)4-5-21/h2-5,8-9,21,27H,1,6-7,22H2,(H,23,25)/b11-4-,21-5?. The Labute approximate surface area is 151 Å². The van der Waals surface area contributed by atoms with E-state index in [1.54, 1.807) is 4.40 Å². The van der Waals surface area contributed by atoms with E-state index in [1.165, 1.54) is 18.3 Å². The molecule has 0 radical (unpaired) electrons. The first-order chi connectivity index (χ1) is 12.9. The summed E-state index contributed by atoms with van der Waals surface area (Å²) < 4.78 is 40.8. The number of nitrogens with zero attached hydrogens (tertiary/aromatic N) is 3. The van der Waals surface area contributed by atoms with Gasteiger partial charge in [0.25, 0.3) is 0 Å². The van der Waals surface area contributed by atoms with Crippen LogP contribution in [0.2, 0.25) is 0 Å². The first kappa shape index (κ1) is 18.6. The van der Waals surface area contributed by atoms with E-state index in [0.29, 0.717) is 29.8 Å². The molecule has 10 heteroatoms. The summed E-state index contributed by atoms with van der Waals surface area (Å²) in [6, 6.07) is 3.26.